The Morgan fingerprint density at radius 2 is 1.97 bits per heavy atom. The van der Waals surface area contributed by atoms with Crippen molar-refractivity contribution >= 4 is 43.9 Å². The van der Waals surface area contributed by atoms with E-state index in [2.05, 4.69) is 30.1 Å². The van der Waals surface area contributed by atoms with E-state index in [0.29, 0.717) is 24.3 Å². The molecular formula is C25H23N7O4S2. The van der Waals surface area contributed by atoms with E-state index in [-0.39, 0.29) is 16.7 Å². The Kier molecular flexibility index (Phi) is 5.99. The summed E-state index contributed by atoms with van der Waals surface area (Å²) in [7, 11) is -2.11. The molecule has 5 aromatic rings. The number of carbonyl (C=O) groups is 1. The van der Waals surface area contributed by atoms with Gasteiger partial charge in [-0.3, -0.25) is 23.3 Å². The van der Waals surface area contributed by atoms with Gasteiger partial charge in [-0.05, 0) is 36.8 Å². The van der Waals surface area contributed by atoms with Crippen LogP contribution in [-0.4, -0.2) is 53.4 Å². The van der Waals surface area contributed by atoms with Crippen LogP contribution in [-0.2, 0) is 6.54 Å². The van der Waals surface area contributed by atoms with E-state index in [1.165, 1.54) is 30.8 Å². The Labute approximate surface area is 223 Å². The number of carbonyl (C=O) groups excluding carboxylic acids is 1. The van der Waals surface area contributed by atoms with Crippen molar-refractivity contribution in [3.63, 3.8) is 0 Å². The number of fused-ring (bicyclic) bond motifs is 9. The number of hydrogen-bond donors (Lipinski definition) is 4. The fourth-order valence-electron chi connectivity index (χ4n) is 4.34. The number of aromatic nitrogens is 5. The number of nitrogens with zero attached hydrogens (tertiary/aromatic N) is 5. The van der Waals surface area contributed by atoms with E-state index in [4.69, 9.17) is 4.74 Å². The molecule has 6 rings (SSSR count). The van der Waals surface area contributed by atoms with Crippen molar-refractivity contribution in [3.05, 3.63) is 66.4 Å². The van der Waals surface area contributed by atoms with E-state index < -0.39 is 10.8 Å². The Balaban J connectivity index is 1.54. The van der Waals surface area contributed by atoms with E-state index in [9.17, 15) is 13.9 Å². The zero-order valence-corrected chi connectivity index (χ0v) is 22.0. The first-order chi connectivity index (χ1) is 18.3. The number of thiophene rings is 1. The Bertz CT molecular complexity index is 1700. The quantitative estimate of drug-likeness (QED) is 0.231. The Morgan fingerprint density at radius 3 is 2.82 bits per heavy atom. The van der Waals surface area contributed by atoms with Gasteiger partial charge in [0.2, 0.25) is 5.88 Å². The highest BCUT2D eigenvalue weighted by atomic mass is 32.3. The maximum atomic E-state index is 12.8. The van der Waals surface area contributed by atoms with Crippen molar-refractivity contribution in [2.75, 3.05) is 18.4 Å². The summed E-state index contributed by atoms with van der Waals surface area (Å²) in [5, 5.41) is 7.30. The van der Waals surface area contributed by atoms with Gasteiger partial charge >= 0.3 is 0 Å². The number of ether oxygens (including phenoxy) is 1. The number of amides is 1. The molecule has 0 unspecified atom stereocenters. The summed E-state index contributed by atoms with van der Waals surface area (Å²) >= 11 is 1.52. The van der Waals surface area contributed by atoms with Crippen LogP contribution in [0.4, 0.5) is 5.69 Å². The highest BCUT2D eigenvalue weighted by molar-refractivity contribution is 8.25. The maximum absolute atomic E-state index is 12.8. The predicted molar refractivity (Wildman–Crippen MR) is 147 cm³/mol. The molecule has 1 amide bonds. The number of nitrogens with one attached hydrogen (secondary N) is 2. The highest BCUT2D eigenvalue weighted by Crippen LogP contribution is 2.50. The lowest BCUT2D eigenvalue weighted by atomic mass is 10.1. The normalized spacial score (nSPS) is 15.6. The summed E-state index contributed by atoms with van der Waals surface area (Å²) in [6.07, 6.45) is 6.85. The van der Waals surface area contributed by atoms with Gasteiger partial charge in [0.05, 0.1) is 40.7 Å². The van der Waals surface area contributed by atoms with E-state index in [0.717, 1.165) is 37.5 Å². The van der Waals surface area contributed by atoms with Crippen LogP contribution in [0.3, 0.4) is 0 Å². The molecule has 0 fully saturated rings. The molecule has 0 saturated heterocycles. The second kappa shape index (κ2) is 9.36. The van der Waals surface area contributed by atoms with Crippen molar-refractivity contribution in [2.24, 2.45) is 0 Å². The van der Waals surface area contributed by atoms with Crippen molar-refractivity contribution in [1.29, 1.82) is 0 Å². The maximum Gasteiger partial charge on any atom is 0.251 e. The molecule has 1 aliphatic rings. The number of anilines is 1. The summed E-state index contributed by atoms with van der Waals surface area (Å²) in [4.78, 5) is 27.4. The first-order valence-electron chi connectivity index (χ1n) is 11.6. The van der Waals surface area contributed by atoms with Crippen LogP contribution in [0.2, 0.25) is 0 Å². The minimum atomic E-state index is -3.57. The SMILES string of the molecule is COc1ncc2cc1NS(O)(O)c1cccc(c1)C(=O)NCCn1cc(cn1)-c1ncnc3c(C)c-2sc13. The average molecular weight is 550 g/mol. The van der Waals surface area contributed by atoms with Gasteiger partial charge in [-0.1, -0.05) is 16.8 Å². The van der Waals surface area contributed by atoms with Crippen LogP contribution in [0.25, 0.3) is 31.9 Å². The average Bonchev–Trinajstić information content (AvgIpc) is 3.52. The van der Waals surface area contributed by atoms with E-state index in [1.54, 1.807) is 41.3 Å². The second-order valence-corrected chi connectivity index (χ2v) is 11.5. The topological polar surface area (TPSA) is 147 Å². The number of rotatable bonds is 1. The molecular weight excluding hydrogens is 526 g/mol. The van der Waals surface area contributed by atoms with Crippen molar-refractivity contribution in [2.45, 2.75) is 18.4 Å². The first kappa shape index (κ1) is 24.3. The molecule has 4 aromatic heterocycles. The zero-order chi connectivity index (χ0) is 26.4. The third-order valence-electron chi connectivity index (χ3n) is 6.22. The van der Waals surface area contributed by atoms with Gasteiger partial charge < -0.3 is 10.1 Å². The number of benzene rings is 1. The molecule has 38 heavy (non-hydrogen) atoms. The number of hydrogen-bond acceptors (Lipinski definition) is 10. The zero-order valence-electron chi connectivity index (χ0n) is 20.4. The van der Waals surface area contributed by atoms with Gasteiger partial charge in [-0.15, -0.1) is 11.3 Å². The van der Waals surface area contributed by atoms with E-state index in [1.807, 2.05) is 13.1 Å². The van der Waals surface area contributed by atoms with Crippen molar-refractivity contribution in [3.8, 4) is 27.6 Å². The van der Waals surface area contributed by atoms with Crippen molar-refractivity contribution in [1.82, 2.24) is 30.0 Å². The Hall–Kier alpha value is -4.04. The lowest BCUT2D eigenvalue weighted by Gasteiger charge is -2.34. The third-order valence-corrected chi connectivity index (χ3v) is 8.97. The highest BCUT2D eigenvalue weighted by Gasteiger charge is 2.23. The minimum Gasteiger partial charge on any atom is -0.479 e. The van der Waals surface area contributed by atoms with Crippen molar-refractivity contribution < 1.29 is 18.6 Å². The van der Waals surface area contributed by atoms with Crippen LogP contribution in [0.15, 0.2) is 60.1 Å². The first-order valence-corrected chi connectivity index (χ1v) is 14.0. The van der Waals surface area contributed by atoms with Gasteiger partial charge in [0, 0.05) is 40.5 Å². The van der Waals surface area contributed by atoms with Gasteiger partial charge in [-0.25, -0.2) is 15.0 Å². The largest absolute Gasteiger partial charge is 0.479 e. The van der Waals surface area contributed by atoms with Gasteiger partial charge in [0.1, 0.15) is 12.0 Å². The summed E-state index contributed by atoms with van der Waals surface area (Å²) in [6, 6.07) is 7.98. The third kappa shape index (κ3) is 4.24. The fourth-order valence-corrected chi connectivity index (χ4v) is 6.72. The molecule has 4 N–H and O–H groups in total. The predicted octanol–water partition coefficient (Wildman–Crippen LogP) is 4.81. The van der Waals surface area contributed by atoms with Gasteiger partial charge in [0.25, 0.3) is 5.91 Å². The molecule has 5 heterocycles. The summed E-state index contributed by atoms with van der Waals surface area (Å²) in [5.41, 5.74) is 4.70. The molecule has 0 saturated carbocycles. The molecule has 8 bridgehead atoms. The summed E-state index contributed by atoms with van der Waals surface area (Å²) < 4.78 is 33.0. The number of methoxy groups -OCH3 is 1. The molecule has 194 valence electrons. The van der Waals surface area contributed by atoms with Crippen LogP contribution < -0.4 is 14.8 Å². The summed E-state index contributed by atoms with van der Waals surface area (Å²) in [5.74, 6) is -0.146. The lowest BCUT2D eigenvalue weighted by molar-refractivity contribution is 0.0951. The smallest absolute Gasteiger partial charge is 0.251 e. The fraction of sp³-hybridized carbons (Fsp3) is 0.160. The summed E-state index contributed by atoms with van der Waals surface area (Å²) in [6.45, 7) is 2.76. The molecule has 0 radical (unpaired) electrons. The second-order valence-electron chi connectivity index (χ2n) is 8.66. The molecule has 1 aromatic carbocycles. The minimum absolute atomic E-state index is 0.158. The molecule has 0 aliphatic carbocycles. The monoisotopic (exact) mass is 549 g/mol. The molecule has 0 spiro atoms. The Morgan fingerprint density at radius 1 is 1.11 bits per heavy atom. The number of pyridine rings is 1. The van der Waals surface area contributed by atoms with Crippen LogP contribution >= 0.6 is 22.1 Å². The molecule has 1 aliphatic heterocycles. The van der Waals surface area contributed by atoms with Gasteiger partial charge in [0.15, 0.2) is 0 Å². The molecule has 11 nitrogen and oxygen atoms in total. The van der Waals surface area contributed by atoms with Crippen LogP contribution in [0.1, 0.15) is 15.9 Å². The molecule has 13 heteroatoms. The van der Waals surface area contributed by atoms with Gasteiger partial charge in [-0.2, -0.15) is 5.10 Å². The van der Waals surface area contributed by atoms with Crippen LogP contribution in [0.5, 0.6) is 5.88 Å². The lowest BCUT2D eigenvalue weighted by Crippen LogP contribution is -2.27. The standard InChI is InChI=1S/C25H23N7O4S2/c1-14-20-23-21(29-13-28-20)17-11-30-32(12-17)7-6-26-24(33)15-4-3-5-18(8-15)38(34,35)31-19-9-16(22(14)37-23)10-27-25(19)36-2/h3-5,8-13,31,34-35H,6-7H2,1-2H3,(H,26,33). The van der Waals surface area contributed by atoms with Crippen LogP contribution in [0, 0.1) is 6.92 Å². The number of aryl methyl sites for hydroxylation is 1. The molecule has 0 atom stereocenters. The van der Waals surface area contributed by atoms with E-state index >= 15 is 0 Å².